The number of hydrogen-bond acceptors (Lipinski definition) is 2. The highest BCUT2D eigenvalue weighted by Crippen LogP contribution is 2.33. The lowest BCUT2D eigenvalue weighted by molar-refractivity contribution is 0.552. The summed E-state index contributed by atoms with van der Waals surface area (Å²) in [6.45, 7) is 6.35. The molecule has 0 fully saturated rings. The van der Waals surface area contributed by atoms with Gasteiger partial charge in [-0.05, 0) is 46.9 Å². The van der Waals surface area contributed by atoms with Crippen molar-refractivity contribution in [3.05, 3.63) is 106 Å². The quantitative estimate of drug-likeness (QED) is 0.279. The fraction of sp³-hybridized carbons (Fsp3) is 0.148. The summed E-state index contributed by atoms with van der Waals surface area (Å²) in [6.07, 6.45) is 0. The Bertz CT molecular complexity index is 1330. The van der Waals surface area contributed by atoms with Crippen molar-refractivity contribution in [2.45, 2.75) is 26.2 Å². The Balaban J connectivity index is 1.99. The highest BCUT2D eigenvalue weighted by atomic mass is 19.1. The molecular formula is C27H21FO2. The van der Waals surface area contributed by atoms with Crippen molar-refractivity contribution in [3.8, 4) is 23.0 Å². The number of hydrogen-bond donors (Lipinski definition) is 0. The van der Waals surface area contributed by atoms with Crippen LogP contribution in [0.5, 0.6) is 0 Å². The first-order valence-corrected chi connectivity index (χ1v) is 9.77. The molecule has 0 N–H and O–H groups in total. The molecule has 0 amide bonds. The van der Waals surface area contributed by atoms with E-state index in [0.29, 0.717) is 16.7 Å². The van der Waals surface area contributed by atoms with Gasteiger partial charge in [0.05, 0.1) is 0 Å². The van der Waals surface area contributed by atoms with Crippen LogP contribution in [0.1, 0.15) is 37.5 Å². The summed E-state index contributed by atoms with van der Waals surface area (Å²) in [5.74, 6) is 5.61. The van der Waals surface area contributed by atoms with Crippen LogP contribution in [-0.4, -0.2) is 0 Å². The molecule has 148 valence electrons. The fourth-order valence-corrected chi connectivity index (χ4v) is 3.35. The number of rotatable bonds is 1. The maximum absolute atomic E-state index is 13.2. The minimum Gasteiger partial charge on any atom is -0.422 e. The van der Waals surface area contributed by atoms with Crippen molar-refractivity contribution in [2.75, 3.05) is 0 Å². The molecule has 0 aliphatic carbocycles. The lowest BCUT2D eigenvalue weighted by Gasteiger charge is -2.19. The van der Waals surface area contributed by atoms with E-state index >= 15 is 0 Å². The zero-order valence-electron chi connectivity index (χ0n) is 17.1. The van der Waals surface area contributed by atoms with Crippen molar-refractivity contribution in [2.24, 2.45) is 0 Å². The molecule has 0 aliphatic rings. The molecule has 4 rings (SSSR count). The summed E-state index contributed by atoms with van der Waals surface area (Å²) >= 11 is 0. The Morgan fingerprint density at radius 2 is 1.57 bits per heavy atom. The first-order valence-electron chi connectivity index (χ1n) is 9.77. The van der Waals surface area contributed by atoms with Crippen LogP contribution in [0, 0.1) is 17.7 Å². The summed E-state index contributed by atoms with van der Waals surface area (Å²) in [5.41, 5.74) is 3.63. The maximum atomic E-state index is 13.2. The summed E-state index contributed by atoms with van der Waals surface area (Å²) in [7, 11) is 0. The topological polar surface area (TPSA) is 30.2 Å². The molecule has 0 bridgehead atoms. The summed E-state index contributed by atoms with van der Waals surface area (Å²) in [4.78, 5) is 12.9. The van der Waals surface area contributed by atoms with Crippen LogP contribution in [0.4, 0.5) is 4.39 Å². The van der Waals surface area contributed by atoms with Gasteiger partial charge in [0, 0.05) is 16.5 Å². The van der Waals surface area contributed by atoms with E-state index in [-0.39, 0.29) is 11.2 Å². The second-order valence-corrected chi connectivity index (χ2v) is 8.22. The van der Waals surface area contributed by atoms with Crippen LogP contribution in [0.3, 0.4) is 0 Å². The summed E-state index contributed by atoms with van der Waals surface area (Å²) in [6, 6.07) is 21.5. The predicted octanol–water partition coefficient (Wildman–Crippen LogP) is 6.30. The average Bonchev–Trinajstić information content (AvgIpc) is 2.72. The third-order valence-electron chi connectivity index (χ3n) is 5.01. The molecule has 0 saturated carbocycles. The van der Waals surface area contributed by atoms with Crippen molar-refractivity contribution >= 4 is 11.0 Å². The van der Waals surface area contributed by atoms with Crippen LogP contribution in [0.15, 0.2) is 82.0 Å². The first kappa shape index (κ1) is 19.7. The minimum atomic E-state index is -0.484. The van der Waals surface area contributed by atoms with E-state index in [2.05, 4.69) is 38.7 Å². The van der Waals surface area contributed by atoms with E-state index in [1.54, 1.807) is 12.1 Å². The standard InChI is InChI=1S/C27H21FO2/c1-27(2,3)20-12-16-22-24(17-20)30-26(29)23(25(22)19-7-5-4-6-8-19)15-11-18-9-13-21(28)14-10-18/h4-10,12-14,16-17H,1-3H3. The van der Waals surface area contributed by atoms with Crippen LogP contribution in [-0.2, 0) is 5.41 Å². The highest BCUT2D eigenvalue weighted by molar-refractivity contribution is 5.96. The zero-order chi connectivity index (χ0) is 21.3. The van der Waals surface area contributed by atoms with E-state index in [1.807, 2.05) is 42.5 Å². The summed E-state index contributed by atoms with van der Waals surface area (Å²) < 4.78 is 18.9. The van der Waals surface area contributed by atoms with Gasteiger partial charge >= 0.3 is 5.63 Å². The van der Waals surface area contributed by atoms with Gasteiger partial charge in [-0.3, -0.25) is 0 Å². The molecule has 3 aromatic carbocycles. The van der Waals surface area contributed by atoms with Crippen LogP contribution in [0.2, 0.25) is 0 Å². The zero-order valence-corrected chi connectivity index (χ0v) is 17.1. The van der Waals surface area contributed by atoms with E-state index in [0.717, 1.165) is 22.1 Å². The normalized spacial score (nSPS) is 11.2. The van der Waals surface area contributed by atoms with Gasteiger partial charge in [-0.2, -0.15) is 0 Å². The first-order chi connectivity index (χ1) is 14.3. The molecule has 0 spiro atoms. The third kappa shape index (κ3) is 3.90. The minimum absolute atomic E-state index is 0.0687. The van der Waals surface area contributed by atoms with E-state index in [4.69, 9.17) is 4.42 Å². The van der Waals surface area contributed by atoms with E-state index < -0.39 is 5.63 Å². The molecule has 1 heterocycles. The van der Waals surface area contributed by atoms with Crippen molar-refractivity contribution in [1.82, 2.24) is 0 Å². The SMILES string of the molecule is CC(C)(C)c1ccc2c(-c3ccccc3)c(C#Cc3ccc(F)cc3)c(=O)oc2c1. The van der Waals surface area contributed by atoms with E-state index in [9.17, 15) is 9.18 Å². The van der Waals surface area contributed by atoms with Gasteiger partial charge < -0.3 is 4.42 Å². The van der Waals surface area contributed by atoms with Crippen molar-refractivity contribution in [1.29, 1.82) is 0 Å². The summed E-state index contributed by atoms with van der Waals surface area (Å²) in [5, 5.41) is 0.831. The molecule has 0 radical (unpaired) electrons. The monoisotopic (exact) mass is 396 g/mol. The molecule has 3 heteroatoms. The molecule has 4 aromatic rings. The Hall–Kier alpha value is -3.64. The predicted molar refractivity (Wildman–Crippen MR) is 119 cm³/mol. The van der Waals surface area contributed by atoms with Gasteiger partial charge in [0.15, 0.2) is 0 Å². The lowest BCUT2D eigenvalue weighted by atomic mass is 9.86. The van der Waals surface area contributed by atoms with Gasteiger partial charge in [0.25, 0.3) is 0 Å². The maximum Gasteiger partial charge on any atom is 0.352 e. The molecule has 0 aliphatic heterocycles. The number of halogens is 1. The van der Waals surface area contributed by atoms with Crippen LogP contribution >= 0.6 is 0 Å². The number of benzene rings is 3. The Kier molecular flexibility index (Phi) is 5.01. The molecule has 0 saturated heterocycles. The average molecular weight is 396 g/mol. The molecule has 1 aromatic heterocycles. The third-order valence-corrected chi connectivity index (χ3v) is 5.01. The Morgan fingerprint density at radius 3 is 2.23 bits per heavy atom. The van der Waals surface area contributed by atoms with Crippen LogP contribution in [0.25, 0.3) is 22.1 Å². The van der Waals surface area contributed by atoms with Gasteiger partial charge in [-0.15, -0.1) is 0 Å². The largest absolute Gasteiger partial charge is 0.422 e. The second kappa shape index (κ2) is 7.65. The second-order valence-electron chi connectivity index (χ2n) is 8.22. The van der Waals surface area contributed by atoms with Gasteiger partial charge in [-0.1, -0.05) is 75.1 Å². The van der Waals surface area contributed by atoms with Crippen molar-refractivity contribution in [3.63, 3.8) is 0 Å². The van der Waals surface area contributed by atoms with Crippen LogP contribution < -0.4 is 5.63 Å². The fourth-order valence-electron chi connectivity index (χ4n) is 3.35. The Morgan fingerprint density at radius 1 is 0.867 bits per heavy atom. The van der Waals surface area contributed by atoms with Gasteiger partial charge in [0.2, 0.25) is 0 Å². The Labute approximate surface area is 175 Å². The smallest absolute Gasteiger partial charge is 0.352 e. The molecule has 0 atom stereocenters. The molecule has 30 heavy (non-hydrogen) atoms. The molecular weight excluding hydrogens is 375 g/mol. The highest BCUT2D eigenvalue weighted by Gasteiger charge is 2.19. The molecule has 2 nitrogen and oxygen atoms in total. The van der Waals surface area contributed by atoms with Gasteiger partial charge in [0.1, 0.15) is 17.0 Å². The van der Waals surface area contributed by atoms with Crippen molar-refractivity contribution < 1.29 is 8.81 Å². The van der Waals surface area contributed by atoms with Gasteiger partial charge in [-0.25, -0.2) is 9.18 Å². The molecule has 0 unspecified atom stereocenters. The lowest BCUT2D eigenvalue weighted by Crippen LogP contribution is -2.12. The van der Waals surface area contributed by atoms with E-state index in [1.165, 1.54) is 12.1 Å². The number of fused-ring (bicyclic) bond motifs is 1.